The molecule has 0 aromatic heterocycles. The van der Waals surface area contributed by atoms with E-state index in [-0.39, 0.29) is 32.9 Å². The Hall–Kier alpha value is -10.2. The van der Waals surface area contributed by atoms with Crippen LogP contribution in [0.3, 0.4) is 0 Å². The number of halogens is 2. The van der Waals surface area contributed by atoms with Crippen molar-refractivity contribution in [2.45, 2.75) is 206 Å². The molecule has 0 bridgehead atoms. The van der Waals surface area contributed by atoms with Gasteiger partial charge in [0.05, 0.1) is 95.5 Å². The highest BCUT2D eigenvalue weighted by Gasteiger charge is 2.51. The molecule has 2 unspecified atom stereocenters. The van der Waals surface area contributed by atoms with Crippen LogP contribution in [-0.2, 0) is 59.9 Å². The number of allylic oxidation sites excluding steroid dienone is 8. The molecule has 0 N–H and O–H groups in total. The lowest BCUT2D eigenvalue weighted by molar-refractivity contribution is -0.216. The zero-order valence-corrected chi connectivity index (χ0v) is 80.4. The third-order valence-electron chi connectivity index (χ3n) is 28.7. The second-order valence-corrected chi connectivity index (χ2v) is 39.2. The second-order valence-electron chi connectivity index (χ2n) is 39.2. The molecule has 4 aliphatic carbocycles. The molecule has 10 nitrogen and oxygen atoms in total. The van der Waals surface area contributed by atoms with Gasteiger partial charge in [-0.25, -0.2) is 0 Å². The van der Waals surface area contributed by atoms with E-state index >= 15 is 0 Å². The topological polar surface area (TPSA) is 98.9 Å². The van der Waals surface area contributed by atoms with Crippen molar-refractivity contribution >= 4 is 0 Å². The lowest BCUT2D eigenvalue weighted by atomic mass is 9.67. The van der Waals surface area contributed by atoms with Gasteiger partial charge in [0.2, 0.25) is 5.79 Å². The van der Waals surface area contributed by atoms with E-state index in [2.05, 4.69) is 309 Å². The molecule has 692 valence electrons. The van der Waals surface area contributed by atoms with Gasteiger partial charge in [-0.1, -0.05) is 272 Å². The quantitative estimate of drug-likeness (QED) is 0.0121. The van der Waals surface area contributed by atoms with Gasteiger partial charge in [0.1, 0.15) is 22.7 Å². The van der Waals surface area contributed by atoms with Crippen LogP contribution < -0.4 is 9.47 Å². The minimum Gasteiger partial charge on any atom is -0.493 e. The summed E-state index contributed by atoms with van der Waals surface area (Å²) >= 11 is 0. The largest absolute Gasteiger partial charge is 0.493 e. The first-order valence-corrected chi connectivity index (χ1v) is 48.2. The summed E-state index contributed by atoms with van der Waals surface area (Å²) in [7, 11) is 0. The van der Waals surface area contributed by atoms with Crippen molar-refractivity contribution in [2.75, 3.05) is 92.5 Å². The van der Waals surface area contributed by atoms with Crippen molar-refractivity contribution in [3.63, 3.8) is 0 Å². The number of aryl methyl sites for hydroxylation is 8. The van der Waals surface area contributed by atoms with E-state index in [4.69, 9.17) is 47.4 Å². The molecule has 10 aromatic carbocycles. The summed E-state index contributed by atoms with van der Waals surface area (Å²) in [5.41, 5.74) is 32.8. The molecule has 12 heteroatoms. The summed E-state index contributed by atoms with van der Waals surface area (Å²) in [5.74, 6) is 0.950. The van der Waals surface area contributed by atoms with Crippen molar-refractivity contribution in [1.29, 1.82) is 0 Å². The molecule has 4 heterocycles. The first-order valence-electron chi connectivity index (χ1n) is 48.2. The monoisotopic (exact) mass is 1780 g/mol. The van der Waals surface area contributed by atoms with Crippen LogP contribution in [0.25, 0.3) is 44.5 Å². The minimum atomic E-state index is -1.57. The van der Waals surface area contributed by atoms with Gasteiger partial charge in [-0.2, -0.15) is 8.78 Å². The minimum absolute atomic E-state index is 0.0748. The molecule has 0 radical (unpaired) electrons. The van der Waals surface area contributed by atoms with Crippen molar-refractivity contribution in [3.8, 4) is 56.0 Å². The Bertz CT molecular complexity index is 5460. The van der Waals surface area contributed by atoms with Crippen LogP contribution in [0, 0.1) is 66.2 Å². The molecule has 18 rings (SSSR count). The lowest BCUT2D eigenvalue weighted by Crippen LogP contribution is -2.46. The summed E-state index contributed by atoms with van der Waals surface area (Å²) in [4.78, 5) is 0. The predicted molar refractivity (Wildman–Crippen MR) is 535 cm³/mol. The van der Waals surface area contributed by atoms with E-state index in [0.29, 0.717) is 59.3 Å². The molecule has 4 aliphatic heterocycles. The van der Waals surface area contributed by atoms with E-state index in [9.17, 15) is 8.78 Å². The summed E-state index contributed by atoms with van der Waals surface area (Å²) in [6, 6.07) is 71.8. The molecular weight excluding hydrogens is 1640 g/mol. The molecule has 0 spiro atoms. The Morgan fingerprint density at radius 1 is 0.356 bits per heavy atom. The van der Waals surface area contributed by atoms with Crippen LogP contribution in [0.2, 0.25) is 0 Å². The summed E-state index contributed by atoms with van der Waals surface area (Å²) in [5, 5.41) is 0. The maximum atomic E-state index is 12.5. The van der Waals surface area contributed by atoms with Gasteiger partial charge in [0.25, 0.3) is 6.08 Å². The number of epoxide rings is 2. The third kappa shape index (κ3) is 21.0. The van der Waals surface area contributed by atoms with Crippen molar-refractivity contribution < 1.29 is 56.1 Å². The normalized spacial score (nSPS) is 18.6. The molecule has 0 saturated carbocycles. The number of benzene rings is 10. The zero-order valence-electron chi connectivity index (χ0n) is 80.4. The number of hydrogen-bond acceptors (Lipinski definition) is 10. The fourth-order valence-electron chi connectivity index (χ4n) is 20.4. The number of fused-ring (bicyclic) bond motifs is 12. The number of hydrogen-bond donors (Lipinski definition) is 0. The molecule has 2 atom stereocenters. The second kappa shape index (κ2) is 42.1. The fraction of sp³-hybridized carbons (Fsp3) is 0.400. The van der Waals surface area contributed by atoms with E-state index in [0.717, 1.165) is 152 Å². The van der Waals surface area contributed by atoms with Crippen molar-refractivity contribution in [3.05, 3.63) is 369 Å². The first-order chi connectivity index (χ1) is 63.8. The van der Waals surface area contributed by atoms with Gasteiger partial charge in [0.15, 0.2) is 0 Å². The summed E-state index contributed by atoms with van der Waals surface area (Å²) in [6.07, 6.45) is 26.2. The van der Waals surface area contributed by atoms with E-state index in [1.807, 2.05) is 18.2 Å². The molecule has 132 heavy (non-hydrogen) atoms. The third-order valence-corrected chi connectivity index (χ3v) is 28.7. The number of ether oxygens (including phenoxy) is 10. The van der Waals surface area contributed by atoms with E-state index in [1.165, 1.54) is 134 Å². The van der Waals surface area contributed by atoms with E-state index in [1.54, 1.807) is 12.2 Å². The Labute approximate surface area is 785 Å². The van der Waals surface area contributed by atoms with Crippen LogP contribution in [0.5, 0.6) is 11.5 Å². The maximum Gasteiger partial charge on any atom is 0.266 e. The average Bonchev–Trinajstić information content (AvgIpc) is 1.53. The van der Waals surface area contributed by atoms with Crippen LogP contribution in [0.4, 0.5) is 8.78 Å². The highest BCUT2D eigenvalue weighted by atomic mass is 19.3. The molecule has 4 saturated heterocycles. The fourth-order valence-corrected chi connectivity index (χ4v) is 20.4. The number of unbranched alkanes of at least 4 members (excludes halogenated alkanes) is 4. The Morgan fingerprint density at radius 3 is 0.970 bits per heavy atom. The average molecular weight is 1780 g/mol. The van der Waals surface area contributed by atoms with Gasteiger partial charge in [-0.15, -0.1) is 6.58 Å². The molecule has 10 aromatic rings. The zero-order chi connectivity index (χ0) is 92.9. The van der Waals surface area contributed by atoms with Gasteiger partial charge < -0.3 is 47.4 Å². The van der Waals surface area contributed by atoms with Crippen LogP contribution in [-0.4, -0.2) is 104 Å². The van der Waals surface area contributed by atoms with E-state index < -0.39 is 17.3 Å². The van der Waals surface area contributed by atoms with Crippen molar-refractivity contribution in [1.82, 2.24) is 0 Å². The highest BCUT2D eigenvalue weighted by Crippen LogP contribution is 2.60. The maximum absolute atomic E-state index is 12.5. The first kappa shape index (κ1) is 96.4. The lowest BCUT2D eigenvalue weighted by Gasteiger charge is -2.40. The smallest absolute Gasteiger partial charge is 0.266 e. The molecular formula is C120H138F2O10. The Kier molecular flexibility index (Phi) is 30.8. The highest BCUT2D eigenvalue weighted by molar-refractivity contribution is 5.88. The SMILES string of the molecule is C=C/C=C/CCCOC1(OCCC/C=C/C=C)c2cc(C)ccc2-c2ccc(C)cc21.C=CCCCC1(CCCC=C(F)F)c2cc(C)ccc2-c2ccc(C)cc21.CCC1(COc2ccc(C3(c4ccc(OCC5(CC)COC5)cc4)c4cc(C)ccc4-c4ccc(C)cc43)cc2)COC1.Cc1ccc2c(c1)C(CCOCC1(C)CO1)(CCOCC1(C)CO1)c1cc(C)ccc1-2. The van der Waals surface area contributed by atoms with Crippen LogP contribution in [0.15, 0.2) is 269 Å². The van der Waals surface area contributed by atoms with Crippen LogP contribution >= 0.6 is 0 Å². The van der Waals surface area contributed by atoms with Gasteiger partial charge >= 0.3 is 0 Å². The molecule has 4 fully saturated rings. The summed E-state index contributed by atoms with van der Waals surface area (Å²) < 4.78 is 85.2. The van der Waals surface area contributed by atoms with Crippen molar-refractivity contribution in [2.24, 2.45) is 10.8 Å². The summed E-state index contributed by atoms with van der Waals surface area (Å²) in [6.45, 7) is 47.3. The standard InChI is InChI=1S/C39H42O4.C29H34O2.C27H34O4.C25H28F2/c1-5-37(21-40-22-37)25-42-31-13-9-29(10-14-31)39(30-11-15-32(16-12-30)43-26-38(6-2)23-41-24-38)35-19-27(3)7-17-33(35)34-18-8-28(4)20-36(34)39;1-5-7-9-11-13-19-30-29(31-20-14-12-10-8-6-2)27-21-23(3)15-17-25(27)26-18-16-24(4)22-28(26)29;1-19-5-7-21-22-8-6-20(2)14-24(22)27(23(21)13-19,9-11-28-15-25(3)17-30-25)10-12-29-16-26(4)18-31-26;1-4-5-7-14-25(15-8-6-9-24(26)27)22-16-18(2)10-12-20(22)21-13-11-19(3)17-23(21)25/h7-20H,5-6,21-26H2,1-4H3;5-10,15-18,21-22H,1-2,11-14,19-20H2,3-4H3;5-8,13-14H,9-12,15-18H2,1-4H3;4,9-13,16-17H,1,5-8,14-15H2,2-3H3/b;9-7+,10-8+;;. The van der Waals surface area contributed by atoms with Crippen LogP contribution in [0.1, 0.15) is 218 Å². The Morgan fingerprint density at radius 2 is 0.667 bits per heavy atom. The molecule has 0 amide bonds. The van der Waals surface area contributed by atoms with Gasteiger partial charge in [-0.05, 0) is 291 Å². The van der Waals surface area contributed by atoms with Gasteiger partial charge in [0, 0.05) is 35.2 Å². The Balaban J connectivity index is 0.000000137. The predicted octanol–water partition coefficient (Wildman–Crippen LogP) is 28.7. The molecule has 8 aliphatic rings. The van der Waals surface area contributed by atoms with Gasteiger partial charge in [-0.3, -0.25) is 0 Å². The number of rotatable bonds is 40.